The Balaban J connectivity index is 1.71. The first-order chi connectivity index (χ1) is 16.1. The number of benzene rings is 1. The molecule has 0 unspecified atom stereocenters. The molecule has 0 aliphatic heterocycles. The fourth-order valence-corrected chi connectivity index (χ4v) is 5.77. The molecule has 0 spiro atoms. The molecule has 1 atom stereocenters. The third-order valence-electron chi connectivity index (χ3n) is 5.99. The Morgan fingerprint density at radius 2 is 1.82 bits per heavy atom. The number of hydrogen-bond donors (Lipinski definition) is 3. The molecular formula is C24H37ClFN3O4S. The molecule has 1 aliphatic rings. The molecule has 0 bridgehead atoms. The fourth-order valence-electron chi connectivity index (χ4n) is 4.17. The van der Waals surface area contributed by atoms with E-state index in [1.807, 2.05) is 13.8 Å². The van der Waals surface area contributed by atoms with E-state index in [1.165, 1.54) is 25.7 Å². The minimum Gasteiger partial charge on any atom is -0.354 e. The van der Waals surface area contributed by atoms with Crippen LogP contribution in [0.2, 0.25) is 5.02 Å². The quantitative estimate of drug-likeness (QED) is 0.322. The maximum Gasteiger partial charge on any atom is 0.242 e. The molecule has 192 valence electrons. The fraction of sp³-hybridized carbons (Fsp3) is 0.667. The van der Waals surface area contributed by atoms with Crippen molar-refractivity contribution in [2.45, 2.75) is 82.6 Å². The van der Waals surface area contributed by atoms with Gasteiger partial charge in [-0.3, -0.25) is 9.59 Å². The highest BCUT2D eigenvalue weighted by atomic mass is 35.5. The van der Waals surface area contributed by atoms with E-state index in [9.17, 15) is 22.4 Å². The third kappa shape index (κ3) is 9.88. The zero-order chi connectivity index (χ0) is 25.1. The molecule has 2 amide bonds. The van der Waals surface area contributed by atoms with E-state index in [0.717, 1.165) is 24.6 Å². The van der Waals surface area contributed by atoms with Crippen LogP contribution in [0, 0.1) is 17.7 Å². The van der Waals surface area contributed by atoms with Gasteiger partial charge in [0.1, 0.15) is 16.8 Å². The van der Waals surface area contributed by atoms with E-state index < -0.39 is 21.9 Å². The molecule has 1 aromatic carbocycles. The Bertz CT molecular complexity index is 921. The molecule has 10 heteroatoms. The van der Waals surface area contributed by atoms with E-state index in [4.69, 9.17) is 11.6 Å². The molecule has 0 radical (unpaired) electrons. The smallest absolute Gasteiger partial charge is 0.242 e. The third-order valence-corrected chi connectivity index (χ3v) is 7.94. The molecule has 0 heterocycles. The van der Waals surface area contributed by atoms with Gasteiger partial charge < -0.3 is 10.6 Å². The van der Waals surface area contributed by atoms with Crippen molar-refractivity contribution in [1.82, 2.24) is 15.4 Å². The number of amides is 2. The first-order valence-electron chi connectivity index (χ1n) is 12.1. The lowest BCUT2D eigenvalue weighted by Crippen LogP contribution is -2.47. The predicted octanol–water partition coefficient (Wildman–Crippen LogP) is 4.16. The monoisotopic (exact) mass is 517 g/mol. The van der Waals surface area contributed by atoms with Crippen molar-refractivity contribution in [3.05, 3.63) is 29.0 Å². The van der Waals surface area contributed by atoms with Gasteiger partial charge in [0.05, 0.1) is 5.02 Å². The van der Waals surface area contributed by atoms with Gasteiger partial charge in [0.2, 0.25) is 21.8 Å². The highest BCUT2D eigenvalue weighted by molar-refractivity contribution is 7.89. The van der Waals surface area contributed by atoms with Crippen LogP contribution < -0.4 is 15.4 Å². The molecule has 1 saturated carbocycles. The molecule has 0 aromatic heterocycles. The van der Waals surface area contributed by atoms with Crippen molar-refractivity contribution in [2.75, 3.05) is 13.1 Å². The number of halogens is 2. The Hall–Kier alpha value is -1.71. The van der Waals surface area contributed by atoms with Crippen molar-refractivity contribution >= 4 is 33.4 Å². The highest BCUT2D eigenvalue weighted by Gasteiger charge is 2.23. The number of carbonyl (C=O) groups excluding carboxylic acids is 2. The molecule has 7 nitrogen and oxygen atoms in total. The summed E-state index contributed by atoms with van der Waals surface area (Å²) in [5.41, 5.74) is 0. The lowest BCUT2D eigenvalue weighted by atomic mass is 10.00. The summed E-state index contributed by atoms with van der Waals surface area (Å²) in [6.07, 6.45) is 7.78. The van der Waals surface area contributed by atoms with Crippen LogP contribution in [0.4, 0.5) is 4.39 Å². The van der Waals surface area contributed by atoms with E-state index in [1.54, 1.807) is 0 Å². The SMILES string of the molecule is CC(C)C[C@H](NC(=O)CCC1CCCC1)C(=O)NCCCCNS(=O)(=O)c1ccc(F)cc1Cl. The van der Waals surface area contributed by atoms with Crippen molar-refractivity contribution < 1.29 is 22.4 Å². The minimum atomic E-state index is -3.85. The Morgan fingerprint density at radius 1 is 1.15 bits per heavy atom. The van der Waals surface area contributed by atoms with E-state index in [0.29, 0.717) is 38.1 Å². The van der Waals surface area contributed by atoms with Gasteiger partial charge >= 0.3 is 0 Å². The van der Waals surface area contributed by atoms with Gasteiger partial charge in [-0.15, -0.1) is 0 Å². The van der Waals surface area contributed by atoms with Gasteiger partial charge in [0.15, 0.2) is 0 Å². The second kappa shape index (κ2) is 14.0. The summed E-state index contributed by atoms with van der Waals surface area (Å²) in [5, 5.41) is 5.55. The lowest BCUT2D eigenvalue weighted by Gasteiger charge is -2.20. The van der Waals surface area contributed by atoms with Crippen LogP contribution in [0.25, 0.3) is 0 Å². The molecule has 3 N–H and O–H groups in total. The average molecular weight is 518 g/mol. The number of rotatable bonds is 14. The largest absolute Gasteiger partial charge is 0.354 e. The van der Waals surface area contributed by atoms with Crippen LogP contribution >= 0.6 is 11.6 Å². The van der Waals surface area contributed by atoms with Gasteiger partial charge in [-0.25, -0.2) is 17.5 Å². The zero-order valence-electron chi connectivity index (χ0n) is 20.0. The maximum atomic E-state index is 13.1. The summed E-state index contributed by atoms with van der Waals surface area (Å²) in [5.74, 6) is -0.0400. The van der Waals surface area contributed by atoms with Crippen molar-refractivity contribution in [3.8, 4) is 0 Å². The number of unbranched alkanes of at least 4 members (excludes halogenated alkanes) is 1. The Kier molecular flexibility index (Phi) is 11.7. The zero-order valence-corrected chi connectivity index (χ0v) is 21.6. The summed E-state index contributed by atoms with van der Waals surface area (Å²) in [4.78, 5) is 24.8. The summed E-state index contributed by atoms with van der Waals surface area (Å²) >= 11 is 5.83. The lowest BCUT2D eigenvalue weighted by molar-refractivity contribution is -0.129. The van der Waals surface area contributed by atoms with E-state index >= 15 is 0 Å². The summed E-state index contributed by atoms with van der Waals surface area (Å²) in [7, 11) is -3.85. The molecule has 1 aliphatic carbocycles. The van der Waals surface area contributed by atoms with Crippen LogP contribution in [0.3, 0.4) is 0 Å². The van der Waals surface area contributed by atoms with Gasteiger partial charge in [-0.2, -0.15) is 0 Å². The first kappa shape index (κ1) is 28.5. The van der Waals surface area contributed by atoms with Crippen LogP contribution in [0.15, 0.2) is 23.1 Å². The molecule has 1 aromatic rings. The second-order valence-electron chi connectivity index (χ2n) is 9.41. The van der Waals surface area contributed by atoms with Gasteiger partial charge in [0.25, 0.3) is 0 Å². The number of sulfonamides is 1. The summed E-state index contributed by atoms with van der Waals surface area (Å²) in [6.45, 7) is 4.53. The molecule has 34 heavy (non-hydrogen) atoms. The topological polar surface area (TPSA) is 104 Å². The van der Waals surface area contributed by atoms with Crippen LogP contribution in [-0.2, 0) is 19.6 Å². The predicted molar refractivity (Wildman–Crippen MR) is 131 cm³/mol. The van der Waals surface area contributed by atoms with E-state index in [-0.39, 0.29) is 34.2 Å². The molecule has 0 saturated heterocycles. The minimum absolute atomic E-state index is 0.0819. The number of hydrogen-bond acceptors (Lipinski definition) is 4. The maximum absolute atomic E-state index is 13.1. The van der Waals surface area contributed by atoms with Gasteiger partial charge in [0, 0.05) is 19.5 Å². The van der Waals surface area contributed by atoms with Crippen molar-refractivity contribution in [1.29, 1.82) is 0 Å². The average Bonchev–Trinajstić information content (AvgIpc) is 3.27. The first-order valence-corrected chi connectivity index (χ1v) is 14.0. The Labute approximate surface area is 207 Å². The molecular weight excluding hydrogens is 481 g/mol. The number of nitrogens with one attached hydrogen (secondary N) is 3. The molecule has 1 fully saturated rings. The van der Waals surface area contributed by atoms with E-state index in [2.05, 4.69) is 15.4 Å². The van der Waals surface area contributed by atoms with Crippen LogP contribution in [-0.4, -0.2) is 39.4 Å². The standard InChI is InChI=1S/C24H37ClFN3O4S/c1-17(2)15-21(29-23(30)12-9-18-7-3-4-8-18)24(31)27-13-5-6-14-28-34(32,33)22-11-10-19(26)16-20(22)25/h10-11,16-18,21,28H,3-9,12-15H2,1-2H3,(H,27,31)(H,29,30)/t21-/m0/s1. The van der Waals surface area contributed by atoms with Crippen LogP contribution in [0.1, 0.15) is 71.6 Å². The van der Waals surface area contributed by atoms with Crippen molar-refractivity contribution in [3.63, 3.8) is 0 Å². The van der Waals surface area contributed by atoms with Gasteiger partial charge in [-0.05, 0) is 55.7 Å². The molecule has 2 rings (SSSR count). The van der Waals surface area contributed by atoms with Crippen LogP contribution in [0.5, 0.6) is 0 Å². The van der Waals surface area contributed by atoms with Crippen molar-refractivity contribution in [2.24, 2.45) is 11.8 Å². The normalized spacial score (nSPS) is 15.4. The van der Waals surface area contributed by atoms with Gasteiger partial charge in [-0.1, -0.05) is 51.1 Å². The second-order valence-corrected chi connectivity index (χ2v) is 11.6. The summed E-state index contributed by atoms with van der Waals surface area (Å²) < 4.78 is 40.2. The Morgan fingerprint density at radius 3 is 2.47 bits per heavy atom. The summed E-state index contributed by atoms with van der Waals surface area (Å²) in [6, 6.07) is 2.54. The number of carbonyl (C=O) groups is 2. The highest BCUT2D eigenvalue weighted by Crippen LogP contribution is 2.28.